The molecule has 3 N–H and O–H groups in total. The van der Waals surface area contributed by atoms with Gasteiger partial charge in [0.2, 0.25) is 5.91 Å². The van der Waals surface area contributed by atoms with Crippen molar-refractivity contribution >= 4 is 23.8 Å². The van der Waals surface area contributed by atoms with Crippen molar-refractivity contribution in [2.45, 2.75) is 75.6 Å². The number of aryl methyl sites for hydroxylation is 1. The summed E-state index contributed by atoms with van der Waals surface area (Å²) in [5, 5.41) is 17.6. The van der Waals surface area contributed by atoms with Gasteiger partial charge in [-0.05, 0) is 62.4 Å². The number of ether oxygens (including phenoxy) is 1. The first-order chi connectivity index (χ1) is 17.3. The number of nitrogens with zero attached hydrogens (tertiary/aromatic N) is 2. The number of aliphatic hydroxyl groups excluding tert-OH is 1. The molecule has 1 aliphatic rings. The van der Waals surface area contributed by atoms with E-state index in [9.17, 15) is 14.7 Å². The lowest BCUT2D eigenvalue weighted by atomic mass is 9.80. The van der Waals surface area contributed by atoms with Crippen LogP contribution in [0.15, 0.2) is 53.7 Å². The van der Waals surface area contributed by atoms with Gasteiger partial charge in [-0.3, -0.25) is 9.59 Å². The molecule has 1 heterocycles. The summed E-state index contributed by atoms with van der Waals surface area (Å²) >= 11 is 1.47. The van der Waals surface area contributed by atoms with Crippen LogP contribution in [-0.2, 0) is 9.59 Å². The van der Waals surface area contributed by atoms with Crippen LogP contribution < -0.4 is 15.4 Å². The maximum absolute atomic E-state index is 13.4. The molecule has 1 fully saturated rings. The van der Waals surface area contributed by atoms with E-state index >= 15 is 0 Å². The number of rotatable bonds is 12. The fourth-order valence-electron chi connectivity index (χ4n) is 4.30. The third kappa shape index (κ3) is 7.94. The van der Waals surface area contributed by atoms with E-state index in [0.29, 0.717) is 31.7 Å². The highest BCUT2D eigenvalue weighted by Gasteiger charge is 2.41. The molecule has 0 bridgehead atoms. The maximum atomic E-state index is 13.4. The van der Waals surface area contributed by atoms with Gasteiger partial charge in [0, 0.05) is 19.3 Å². The Bertz CT molecular complexity index is 985. The first-order valence-corrected chi connectivity index (χ1v) is 13.4. The van der Waals surface area contributed by atoms with Crippen molar-refractivity contribution in [2.24, 2.45) is 0 Å². The van der Waals surface area contributed by atoms with Crippen LogP contribution in [0, 0.1) is 6.92 Å². The van der Waals surface area contributed by atoms with Crippen LogP contribution in [0.4, 0.5) is 0 Å². The number of pyridine rings is 1. The lowest BCUT2D eigenvalue weighted by Gasteiger charge is -2.38. The zero-order valence-corrected chi connectivity index (χ0v) is 22.2. The number of aromatic nitrogens is 1. The first-order valence-electron chi connectivity index (χ1n) is 12.7. The molecular weight excluding hydrogens is 476 g/mol. The minimum absolute atomic E-state index is 0.158. The van der Waals surface area contributed by atoms with Gasteiger partial charge in [0.1, 0.15) is 16.3 Å². The molecular formula is C27H38N4O4S. The zero-order chi connectivity index (χ0) is 26.0. The van der Waals surface area contributed by atoms with E-state index in [2.05, 4.69) is 15.6 Å². The lowest BCUT2D eigenvalue weighted by molar-refractivity contribution is -0.136. The van der Waals surface area contributed by atoms with Crippen LogP contribution in [0.1, 0.15) is 51.5 Å². The summed E-state index contributed by atoms with van der Waals surface area (Å²) in [5.74, 6) is 0.0708. The molecule has 1 saturated carbocycles. The predicted molar refractivity (Wildman–Crippen MR) is 142 cm³/mol. The zero-order valence-electron chi connectivity index (χ0n) is 21.4. The minimum Gasteiger partial charge on any atom is -0.484 e. The molecule has 0 spiro atoms. The van der Waals surface area contributed by atoms with Crippen LogP contribution in [-0.4, -0.2) is 63.6 Å². The van der Waals surface area contributed by atoms with Crippen LogP contribution in [0.5, 0.6) is 5.75 Å². The van der Waals surface area contributed by atoms with Gasteiger partial charge in [0.05, 0.1) is 12.1 Å². The van der Waals surface area contributed by atoms with Crippen molar-refractivity contribution in [3.05, 3.63) is 54.2 Å². The van der Waals surface area contributed by atoms with Gasteiger partial charge in [-0.2, -0.15) is 0 Å². The SMILES string of the molecule is CCN(CC(O)C(C)NC(=O)C1(NC(=O)COc2ccccc2C)CCCCC1)Sc1ccccn1. The van der Waals surface area contributed by atoms with E-state index in [-0.39, 0.29) is 18.4 Å². The standard InChI is InChI=1S/C27H38N4O4S/c1-4-31(36-25-14-8-11-17-28-25)18-22(32)21(3)29-26(34)27(15-9-5-10-16-27)30-24(33)19-35-23-13-7-6-12-20(23)2/h6-8,11-14,17,21-22,32H,4-5,9-10,15-16,18-19H2,1-3H3,(H,29,34)(H,30,33). The number of benzene rings is 1. The first kappa shape index (κ1) is 28.0. The topological polar surface area (TPSA) is 104 Å². The molecule has 0 radical (unpaired) electrons. The molecule has 2 atom stereocenters. The smallest absolute Gasteiger partial charge is 0.258 e. The highest BCUT2D eigenvalue weighted by Crippen LogP contribution is 2.29. The summed E-state index contributed by atoms with van der Waals surface area (Å²) in [6.07, 6.45) is 4.81. The Morgan fingerprint density at radius 2 is 1.89 bits per heavy atom. The highest BCUT2D eigenvalue weighted by molar-refractivity contribution is 7.97. The summed E-state index contributed by atoms with van der Waals surface area (Å²) in [7, 11) is 0. The predicted octanol–water partition coefficient (Wildman–Crippen LogP) is 3.48. The van der Waals surface area contributed by atoms with Crippen molar-refractivity contribution in [3.8, 4) is 5.75 Å². The van der Waals surface area contributed by atoms with E-state index in [4.69, 9.17) is 4.74 Å². The third-order valence-corrected chi connectivity index (χ3v) is 7.61. The Morgan fingerprint density at radius 3 is 2.56 bits per heavy atom. The molecule has 2 aromatic rings. The number of amides is 2. The monoisotopic (exact) mass is 514 g/mol. The molecule has 8 nitrogen and oxygen atoms in total. The number of para-hydroxylation sites is 1. The summed E-state index contributed by atoms with van der Waals surface area (Å²) in [6.45, 7) is 6.64. The normalized spacial score (nSPS) is 16.7. The van der Waals surface area contributed by atoms with E-state index < -0.39 is 17.7 Å². The minimum atomic E-state index is -0.994. The largest absolute Gasteiger partial charge is 0.484 e. The fourth-order valence-corrected chi connectivity index (χ4v) is 5.17. The fraction of sp³-hybridized carbons (Fsp3) is 0.519. The molecule has 2 unspecified atom stereocenters. The van der Waals surface area contributed by atoms with Crippen LogP contribution in [0.2, 0.25) is 0 Å². The van der Waals surface area contributed by atoms with E-state index in [0.717, 1.165) is 29.9 Å². The molecule has 1 aromatic carbocycles. The second kappa shape index (κ2) is 13.6. The Kier molecular flexibility index (Phi) is 10.6. The number of hydrogen-bond acceptors (Lipinski definition) is 7. The molecule has 9 heteroatoms. The van der Waals surface area contributed by atoms with Gasteiger partial charge in [-0.15, -0.1) is 0 Å². The van der Waals surface area contributed by atoms with Crippen molar-refractivity contribution < 1.29 is 19.4 Å². The Balaban J connectivity index is 1.57. The number of likely N-dealkylation sites (N-methyl/N-ethyl adjacent to an activating group) is 1. The maximum Gasteiger partial charge on any atom is 0.258 e. The number of carbonyl (C=O) groups is 2. The second-order valence-electron chi connectivity index (χ2n) is 9.31. The summed E-state index contributed by atoms with van der Waals surface area (Å²) in [4.78, 5) is 30.6. The van der Waals surface area contributed by atoms with Crippen LogP contribution in [0.25, 0.3) is 0 Å². The second-order valence-corrected chi connectivity index (χ2v) is 10.4. The van der Waals surface area contributed by atoms with E-state index in [1.807, 2.05) is 60.6 Å². The molecule has 1 aliphatic carbocycles. The Morgan fingerprint density at radius 1 is 1.17 bits per heavy atom. The molecule has 2 amide bonds. The van der Waals surface area contributed by atoms with Gasteiger partial charge in [-0.1, -0.05) is 50.5 Å². The quantitative estimate of drug-likeness (QED) is 0.373. The Labute approximate surface area is 218 Å². The average Bonchev–Trinajstić information content (AvgIpc) is 2.88. The van der Waals surface area contributed by atoms with E-state index in [1.54, 1.807) is 13.1 Å². The van der Waals surface area contributed by atoms with Crippen molar-refractivity contribution in [3.63, 3.8) is 0 Å². The van der Waals surface area contributed by atoms with Gasteiger partial charge < -0.3 is 20.5 Å². The van der Waals surface area contributed by atoms with Gasteiger partial charge in [-0.25, -0.2) is 9.29 Å². The third-order valence-electron chi connectivity index (χ3n) is 6.51. The van der Waals surface area contributed by atoms with Crippen LogP contribution in [0.3, 0.4) is 0 Å². The van der Waals surface area contributed by atoms with Crippen molar-refractivity contribution in [1.29, 1.82) is 0 Å². The molecule has 36 heavy (non-hydrogen) atoms. The number of aliphatic hydroxyl groups is 1. The molecule has 0 aliphatic heterocycles. The van der Waals surface area contributed by atoms with Crippen molar-refractivity contribution in [2.75, 3.05) is 19.7 Å². The average molecular weight is 515 g/mol. The van der Waals surface area contributed by atoms with Gasteiger partial charge >= 0.3 is 0 Å². The molecule has 1 aromatic heterocycles. The summed E-state index contributed by atoms with van der Waals surface area (Å²) in [5.41, 5.74) is -0.0495. The molecule has 0 saturated heterocycles. The number of hydrogen-bond donors (Lipinski definition) is 3. The van der Waals surface area contributed by atoms with E-state index in [1.165, 1.54) is 11.9 Å². The summed E-state index contributed by atoms with van der Waals surface area (Å²) in [6, 6.07) is 12.7. The highest BCUT2D eigenvalue weighted by atomic mass is 32.2. The molecule has 196 valence electrons. The molecule has 3 rings (SSSR count). The lowest BCUT2D eigenvalue weighted by Crippen LogP contribution is -2.62. The van der Waals surface area contributed by atoms with Gasteiger partial charge in [0.25, 0.3) is 5.91 Å². The summed E-state index contributed by atoms with van der Waals surface area (Å²) < 4.78 is 7.70. The van der Waals surface area contributed by atoms with Crippen LogP contribution >= 0.6 is 11.9 Å². The van der Waals surface area contributed by atoms with Gasteiger partial charge in [0.15, 0.2) is 6.61 Å². The number of carbonyl (C=O) groups excluding carboxylic acids is 2. The van der Waals surface area contributed by atoms with Crippen molar-refractivity contribution in [1.82, 2.24) is 19.9 Å². The Hall–Kier alpha value is -2.62. The number of nitrogens with one attached hydrogen (secondary N) is 2.